The second-order valence-electron chi connectivity index (χ2n) is 4.66. The molecular weight excluding hydrogens is 238 g/mol. The molecule has 0 aliphatic heterocycles. The van der Waals surface area contributed by atoms with Gasteiger partial charge in [-0.05, 0) is 37.7 Å². The average Bonchev–Trinajstić information content (AvgIpc) is 2.43. The lowest BCUT2D eigenvalue weighted by molar-refractivity contribution is 0.128. The summed E-state index contributed by atoms with van der Waals surface area (Å²) < 4.78 is 0. The van der Waals surface area contributed by atoms with Gasteiger partial charge in [-0.25, -0.2) is 0 Å². The highest BCUT2D eigenvalue weighted by Crippen LogP contribution is 2.16. The molecule has 4 nitrogen and oxygen atoms in total. The minimum absolute atomic E-state index is 0.412. The lowest BCUT2D eigenvalue weighted by atomic mass is 10.1. The predicted octanol–water partition coefficient (Wildman–Crippen LogP) is 1.98. The van der Waals surface area contributed by atoms with Gasteiger partial charge in [0.25, 0.3) is 0 Å². The van der Waals surface area contributed by atoms with Crippen molar-refractivity contribution in [2.24, 2.45) is 0 Å². The van der Waals surface area contributed by atoms with Crippen LogP contribution >= 0.6 is 0 Å². The zero-order valence-corrected chi connectivity index (χ0v) is 12.0. The Kier molecular flexibility index (Phi) is 6.34. The molecule has 4 heteroatoms. The maximum Gasteiger partial charge on any atom is 0.0992 e. The second kappa shape index (κ2) is 7.78. The van der Waals surface area contributed by atoms with Crippen molar-refractivity contribution in [3.63, 3.8) is 0 Å². The van der Waals surface area contributed by atoms with E-state index < -0.39 is 6.10 Å². The number of rotatable bonds is 7. The van der Waals surface area contributed by atoms with Gasteiger partial charge in [0.1, 0.15) is 0 Å². The van der Waals surface area contributed by atoms with Gasteiger partial charge in [-0.15, -0.1) is 0 Å². The molecule has 0 saturated heterocycles. The molecule has 0 spiro atoms. The van der Waals surface area contributed by atoms with Crippen LogP contribution in [0.1, 0.15) is 25.0 Å². The number of hydrogen-bond acceptors (Lipinski definition) is 4. The fourth-order valence-corrected chi connectivity index (χ4v) is 1.95. The van der Waals surface area contributed by atoms with E-state index in [1.54, 1.807) is 6.07 Å². The van der Waals surface area contributed by atoms with Crippen LogP contribution in [0.5, 0.6) is 0 Å². The summed E-state index contributed by atoms with van der Waals surface area (Å²) in [7, 11) is 0. The zero-order valence-electron chi connectivity index (χ0n) is 12.0. The monoisotopic (exact) mass is 261 g/mol. The summed E-state index contributed by atoms with van der Waals surface area (Å²) in [6.07, 6.45) is -0.412. The molecule has 0 fully saturated rings. The fourth-order valence-electron chi connectivity index (χ4n) is 1.95. The number of aryl methyl sites for hydroxylation is 1. The van der Waals surface area contributed by atoms with Crippen molar-refractivity contribution >= 4 is 5.69 Å². The van der Waals surface area contributed by atoms with Crippen LogP contribution in [0.2, 0.25) is 0 Å². The number of nitrogens with zero attached hydrogens (tertiary/aromatic N) is 2. The molecule has 1 aromatic carbocycles. The van der Waals surface area contributed by atoms with Crippen LogP contribution in [0.4, 0.5) is 5.69 Å². The number of benzene rings is 1. The Morgan fingerprint density at radius 2 is 2.05 bits per heavy atom. The molecule has 0 aromatic heterocycles. The van der Waals surface area contributed by atoms with Crippen LogP contribution in [-0.4, -0.2) is 42.3 Å². The van der Waals surface area contributed by atoms with Gasteiger partial charge in [0.15, 0.2) is 0 Å². The van der Waals surface area contributed by atoms with Gasteiger partial charge in [-0.2, -0.15) is 5.26 Å². The van der Waals surface area contributed by atoms with Gasteiger partial charge in [-0.3, -0.25) is 0 Å². The molecule has 1 atom stereocenters. The molecule has 0 aliphatic carbocycles. The third-order valence-corrected chi connectivity index (χ3v) is 3.26. The van der Waals surface area contributed by atoms with E-state index in [1.807, 2.05) is 19.1 Å². The Bertz CT molecular complexity index is 436. The third-order valence-electron chi connectivity index (χ3n) is 3.26. The molecule has 1 aromatic rings. The first-order chi connectivity index (χ1) is 9.10. The molecule has 1 unspecified atom stereocenters. The number of aliphatic hydroxyl groups is 1. The largest absolute Gasteiger partial charge is 0.390 e. The maximum absolute atomic E-state index is 9.99. The number of nitriles is 1. The smallest absolute Gasteiger partial charge is 0.0992 e. The summed E-state index contributed by atoms with van der Waals surface area (Å²) in [5.74, 6) is 0. The van der Waals surface area contributed by atoms with Crippen molar-refractivity contribution in [3.05, 3.63) is 29.3 Å². The van der Waals surface area contributed by atoms with Crippen molar-refractivity contribution in [2.45, 2.75) is 26.9 Å². The molecule has 2 N–H and O–H groups in total. The standard InChI is InChI=1S/C15H23N3O/c1-4-18(5-2)11-14(19)10-17-15-8-13(9-16)7-6-12(15)3/h6-8,14,17,19H,4-5,10-11H2,1-3H3. The Morgan fingerprint density at radius 1 is 1.37 bits per heavy atom. The quantitative estimate of drug-likeness (QED) is 0.788. The van der Waals surface area contributed by atoms with E-state index in [4.69, 9.17) is 5.26 Å². The first kappa shape index (κ1) is 15.5. The first-order valence-electron chi connectivity index (χ1n) is 6.75. The van der Waals surface area contributed by atoms with Gasteiger partial charge < -0.3 is 15.3 Å². The Morgan fingerprint density at radius 3 is 2.63 bits per heavy atom. The summed E-state index contributed by atoms with van der Waals surface area (Å²) in [6, 6.07) is 7.65. The third kappa shape index (κ3) is 4.90. The number of likely N-dealkylation sites (N-methyl/N-ethyl adjacent to an activating group) is 1. The highest BCUT2D eigenvalue weighted by Gasteiger charge is 2.09. The fraction of sp³-hybridized carbons (Fsp3) is 0.533. The van der Waals surface area contributed by atoms with Gasteiger partial charge >= 0.3 is 0 Å². The second-order valence-corrected chi connectivity index (χ2v) is 4.66. The summed E-state index contributed by atoms with van der Waals surface area (Å²) in [5, 5.41) is 22.1. The SMILES string of the molecule is CCN(CC)CC(O)CNc1cc(C#N)ccc1C. The van der Waals surface area contributed by atoms with Crippen LogP contribution < -0.4 is 5.32 Å². The summed E-state index contributed by atoms with van der Waals surface area (Å²) in [5.41, 5.74) is 2.62. The molecule has 0 radical (unpaired) electrons. The minimum atomic E-state index is -0.412. The summed E-state index contributed by atoms with van der Waals surface area (Å²) in [4.78, 5) is 2.19. The predicted molar refractivity (Wildman–Crippen MR) is 78.2 cm³/mol. The van der Waals surface area contributed by atoms with Gasteiger partial charge in [0.2, 0.25) is 0 Å². The molecular formula is C15H23N3O. The lowest BCUT2D eigenvalue weighted by Gasteiger charge is -2.22. The molecule has 0 saturated carbocycles. The van der Waals surface area contributed by atoms with E-state index >= 15 is 0 Å². The molecule has 1 rings (SSSR count). The Labute approximate surface area is 115 Å². The average molecular weight is 261 g/mol. The minimum Gasteiger partial charge on any atom is -0.390 e. The maximum atomic E-state index is 9.99. The van der Waals surface area contributed by atoms with Gasteiger partial charge in [-0.1, -0.05) is 19.9 Å². The Hall–Kier alpha value is -1.57. The molecule has 19 heavy (non-hydrogen) atoms. The number of nitrogens with one attached hydrogen (secondary N) is 1. The van der Waals surface area contributed by atoms with E-state index in [1.165, 1.54) is 0 Å². The highest BCUT2D eigenvalue weighted by molar-refractivity contribution is 5.55. The highest BCUT2D eigenvalue weighted by atomic mass is 16.3. The molecule has 104 valence electrons. The van der Waals surface area contributed by atoms with E-state index in [2.05, 4.69) is 30.1 Å². The number of hydrogen-bond donors (Lipinski definition) is 2. The number of aliphatic hydroxyl groups excluding tert-OH is 1. The van der Waals surface area contributed by atoms with Crippen molar-refractivity contribution in [3.8, 4) is 6.07 Å². The first-order valence-corrected chi connectivity index (χ1v) is 6.75. The molecule has 0 bridgehead atoms. The summed E-state index contributed by atoms with van der Waals surface area (Å²) >= 11 is 0. The van der Waals surface area contributed by atoms with E-state index in [0.29, 0.717) is 18.7 Å². The van der Waals surface area contributed by atoms with Crippen LogP contribution in [0.25, 0.3) is 0 Å². The van der Waals surface area contributed by atoms with Crippen molar-refractivity contribution < 1.29 is 5.11 Å². The molecule has 0 amide bonds. The zero-order chi connectivity index (χ0) is 14.3. The van der Waals surface area contributed by atoms with E-state index in [9.17, 15) is 5.11 Å². The lowest BCUT2D eigenvalue weighted by Crippen LogP contribution is -2.36. The Balaban J connectivity index is 2.54. The van der Waals surface area contributed by atoms with Crippen LogP contribution in [0, 0.1) is 18.3 Å². The molecule has 0 aliphatic rings. The summed E-state index contributed by atoms with van der Waals surface area (Å²) in [6.45, 7) is 9.20. The van der Waals surface area contributed by atoms with E-state index in [0.717, 1.165) is 24.3 Å². The van der Waals surface area contributed by atoms with E-state index in [-0.39, 0.29) is 0 Å². The number of anilines is 1. The van der Waals surface area contributed by atoms with Gasteiger partial charge in [0.05, 0.1) is 17.7 Å². The van der Waals surface area contributed by atoms with Crippen LogP contribution in [-0.2, 0) is 0 Å². The van der Waals surface area contributed by atoms with Crippen molar-refractivity contribution in [2.75, 3.05) is 31.5 Å². The van der Waals surface area contributed by atoms with Crippen LogP contribution in [0.15, 0.2) is 18.2 Å². The van der Waals surface area contributed by atoms with Crippen molar-refractivity contribution in [1.82, 2.24) is 4.90 Å². The van der Waals surface area contributed by atoms with Crippen LogP contribution in [0.3, 0.4) is 0 Å². The van der Waals surface area contributed by atoms with Gasteiger partial charge in [0, 0.05) is 18.8 Å². The topological polar surface area (TPSA) is 59.3 Å². The normalized spacial score (nSPS) is 12.2. The van der Waals surface area contributed by atoms with Crippen molar-refractivity contribution in [1.29, 1.82) is 5.26 Å². The molecule has 0 heterocycles.